The summed E-state index contributed by atoms with van der Waals surface area (Å²) in [6.45, 7) is 3.83. The third-order valence-corrected chi connectivity index (χ3v) is 2.16. The number of alkyl halides is 1. The SMILES string of the molecule is [CH2]C1C=CC=CC1(Cl)OC. The molecule has 0 amide bonds. The van der Waals surface area contributed by atoms with E-state index in [4.69, 9.17) is 16.3 Å². The van der Waals surface area contributed by atoms with Crippen LogP contribution in [0.15, 0.2) is 24.3 Å². The number of allylic oxidation sites excluding steroid dienone is 2. The maximum Gasteiger partial charge on any atom is 0.166 e. The van der Waals surface area contributed by atoms with Gasteiger partial charge in [-0.3, -0.25) is 0 Å². The lowest BCUT2D eigenvalue weighted by Gasteiger charge is -2.28. The van der Waals surface area contributed by atoms with E-state index in [1.807, 2.05) is 18.2 Å². The number of hydrogen-bond acceptors (Lipinski definition) is 1. The third-order valence-electron chi connectivity index (χ3n) is 1.60. The Bertz CT molecular complexity index is 174. The Labute approximate surface area is 66.3 Å². The molecule has 0 aliphatic heterocycles. The van der Waals surface area contributed by atoms with E-state index < -0.39 is 5.06 Å². The zero-order valence-electron chi connectivity index (χ0n) is 5.88. The van der Waals surface area contributed by atoms with Crippen molar-refractivity contribution in [3.05, 3.63) is 31.2 Å². The molecule has 0 saturated carbocycles. The molecule has 0 N–H and O–H groups in total. The lowest BCUT2D eigenvalue weighted by Crippen LogP contribution is -2.30. The molecule has 1 nitrogen and oxygen atoms in total. The standard InChI is InChI=1S/C8H10ClO/c1-7-5-3-4-6-8(7,9)10-2/h3-7H,1H2,2H3. The van der Waals surface area contributed by atoms with Gasteiger partial charge in [-0.25, -0.2) is 0 Å². The zero-order valence-corrected chi connectivity index (χ0v) is 6.64. The van der Waals surface area contributed by atoms with Gasteiger partial charge in [0.05, 0.1) is 0 Å². The van der Waals surface area contributed by atoms with Gasteiger partial charge in [0, 0.05) is 13.0 Å². The molecule has 0 aromatic heterocycles. The van der Waals surface area contributed by atoms with Crippen LogP contribution < -0.4 is 0 Å². The van der Waals surface area contributed by atoms with Crippen molar-refractivity contribution < 1.29 is 4.74 Å². The molecule has 0 fully saturated rings. The number of ether oxygens (including phenoxy) is 1. The first-order chi connectivity index (χ1) is 4.69. The second-order valence-corrected chi connectivity index (χ2v) is 2.84. The second kappa shape index (κ2) is 2.77. The van der Waals surface area contributed by atoms with E-state index in [1.165, 1.54) is 0 Å². The van der Waals surface area contributed by atoms with E-state index in [1.54, 1.807) is 13.2 Å². The average Bonchev–Trinajstić information content (AvgIpc) is 1.96. The predicted molar refractivity (Wildman–Crippen MR) is 42.7 cm³/mol. The van der Waals surface area contributed by atoms with Crippen LogP contribution in [-0.4, -0.2) is 12.2 Å². The fraction of sp³-hybridized carbons (Fsp3) is 0.375. The van der Waals surface area contributed by atoms with E-state index in [2.05, 4.69) is 6.92 Å². The molecular formula is C8H10ClO. The van der Waals surface area contributed by atoms with Gasteiger partial charge in [0.2, 0.25) is 0 Å². The van der Waals surface area contributed by atoms with Crippen LogP contribution in [-0.2, 0) is 4.74 Å². The Balaban J connectivity index is 2.77. The summed E-state index contributed by atoms with van der Waals surface area (Å²) >= 11 is 5.99. The van der Waals surface area contributed by atoms with Gasteiger partial charge in [-0.15, -0.1) is 0 Å². The minimum absolute atomic E-state index is 0.0100. The third kappa shape index (κ3) is 1.25. The lowest BCUT2D eigenvalue weighted by atomic mass is 9.99. The van der Waals surface area contributed by atoms with Crippen molar-refractivity contribution in [2.24, 2.45) is 5.92 Å². The van der Waals surface area contributed by atoms with Gasteiger partial charge >= 0.3 is 0 Å². The van der Waals surface area contributed by atoms with Crippen LogP contribution in [0.4, 0.5) is 0 Å². The number of hydrogen-bond donors (Lipinski definition) is 0. The molecule has 0 heterocycles. The van der Waals surface area contributed by atoms with Crippen LogP contribution >= 0.6 is 11.6 Å². The van der Waals surface area contributed by atoms with E-state index in [9.17, 15) is 0 Å². The van der Waals surface area contributed by atoms with Gasteiger partial charge < -0.3 is 4.74 Å². The topological polar surface area (TPSA) is 9.23 Å². The van der Waals surface area contributed by atoms with Gasteiger partial charge in [0.1, 0.15) is 0 Å². The molecule has 2 heteroatoms. The first kappa shape index (κ1) is 7.83. The van der Waals surface area contributed by atoms with Crippen LogP contribution in [0.5, 0.6) is 0 Å². The number of rotatable bonds is 1. The molecule has 0 bridgehead atoms. The molecule has 1 radical (unpaired) electrons. The highest BCUT2D eigenvalue weighted by atomic mass is 35.5. The zero-order chi connectivity index (χ0) is 7.61. The molecule has 0 spiro atoms. The van der Waals surface area contributed by atoms with E-state index >= 15 is 0 Å². The van der Waals surface area contributed by atoms with E-state index in [0.717, 1.165) is 0 Å². The highest BCUT2D eigenvalue weighted by Crippen LogP contribution is 2.30. The first-order valence-electron chi connectivity index (χ1n) is 3.12. The summed E-state index contributed by atoms with van der Waals surface area (Å²) in [4.78, 5) is 0. The van der Waals surface area contributed by atoms with Crippen LogP contribution in [0, 0.1) is 12.8 Å². The highest BCUT2D eigenvalue weighted by Gasteiger charge is 2.30. The summed E-state index contributed by atoms with van der Waals surface area (Å²) in [5, 5.41) is -0.727. The van der Waals surface area contributed by atoms with E-state index in [0.29, 0.717) is 0 Å². The Kier molecular flexibility index (Phi) is 2.17. The summed E-state index contributed by atoms with van der Waals surface area (Å²) in [6.07, 6.45) is 7.48. The Hall–Kier alpha value is -0.270. The lowest BCUT2D eigenvalue weighted by molar-refractivity contribution is 0.0819. The Morgan fingerprint density at radius 2 is 2.30 bits per heavy atom. The van der Waals surface area contributed by atoms with Crippen molar-refractivity contribution in [3.8, 4) is 0 Å². The summed E-state index contributed by atoms with van der Waals surface area (Å²) < 4.78 is 5.06. The van der Waals surface area contributed by atoms with Gasteiger partial charge in [0.15, 0.2) is 5.06 Å². The largest absolute Gasteiger partial charge is 0.359 e. The van der Waals surface area contributed by atoms with Gasteiger partial charge in [-0.1, -0.05) is 29.8 Å². The fourth-order valence-corrected chi connectivity index (χ4v) is 1.00. The normalized spacial score (nSPS) is 38.5. The second-order valence-electron chi connectivity index (χ2n) is 2.25. The molecule has 1 aliphatic carbocycles. The predicted octanol–water partition coefficient (Wildman–Crippen LogP) is 2.14. The maximum absolute atomic E-state index is 5.99. The van der Waals surface area contributed by atoms with Crippen molar-refractivity contribution in [3.63, 3.8) is 0 Å². The van der Waals surface area contributed by atoms with Crippen molar-refractivity contribution in [1.82, 2.24) is 0 Å². The monoisotopic (exact) mass is 157 g/mol. The quantitative estimate of drug-likeness (QED) is 0.530. The summed E-state index contributed by atoms with van der Waals surface area (Å²) in [6, 6.07) is 0. The molecule has 0 saturated heterocycles. The first-order valence-corrected chi connectivity index (χ1v) is 3.50. The molecule has 1 rings (SSSR count). The van der Waals surface area contributed by atoms with Crippen LogP contribution in [0.2, 0.25) is 0 Å². The molecule has 55 valence electrons. The molecule has 10 heavy (non-hydrogen) atoms. The fourth-order valence-electron chi connectivity index (χ4n) is 0.859. The van der Waals surface area contributed by atoms with E-state index in [-0.39, 0.29) is 5.92 Å². The molecule has 1 aliphatic rings. The summed E-state index contributed by atoms with van der Waals surface area (Å²) in [5.74, 6) is -0.0100. The van der Waals surface area contributed by atoms with Gasteiger partial charge in [-0.2, -0.15) is 0 Å². The molecule has 2 atom stereocenters. The number of methoxy groups -OCH3 is 1. The van der Waals surface area contributed by atoms with Crippen molar-refractivity contribution in [1.29, 1.82) is 0 Å². The minimum atomic E-state index is -0.727. The van der Waals surface area contributed by atoms with Gasteiger partial charge in [0.25, 0.3) is 0 Å². The highest BCUT2D eigenvalue weighted by molar-refractivity contribution is 6.24. The summed E-state index contributed by atoms with van der Waals surface area (Å²) in [7, 11) is 1.58. The average molecular weight is 158 g/mol. The number of halogens is 1. The molecule has 0 aromatic carbocycles. The Morgan fingerprint density at radius 1 is 1.60 bits per heavy atom. The summed E-state index contributed by atoms with van der Waals surface area (Å²) in [5.41, 5.74) is 0. The maximum atomic E-state index is 5.99. The van der Waals surface area contributed by atoms with Crippen LogP contribution in [0.3, 0.4) is 0 Å². The van der Waals surface area contributed by atoms with Crippen molar-refractivity contribution >= 4 is 11.6 Å². The minimum Gasteiger partial charge on any atom is -0.359 e. The van der Waals surface area contributed by atoms with Gasteiger partial charge in [-0.05, 0) is 13.0 Å². The van der Waals surface area contributed by atoms with Crippen molar-refractivity contribution in [2.45, 2.75) is 5.06 Å². The molecule has 2 unspecified atom stereocenters. The van der Waals surface area contributed by atoms with Crippen molar-refractivity contribution in [2.75, 3.05) is 7.11 Å². The molecular weight excluding hydrogens is 148 g/mol. The Morgan fingerprint density at radius 3 is 2.70 bits per heavy atom. The molecule has 0 aromatic rings. The van der Waals surface area contributed by atoms with Crippen LogP contribution in [0.25, 0.3) is 0 Å². The smallest absolute Gasteiger partial charge is 0.166 e. The van der Waals surface area contributed by atoms with Crippen LogP contribution in [0.1, 0.15) is 0 Å².